The Hall–Kier alpha value is -2.67. The molecule has 1 fully saturated rings. The monoisotopic (exact) mass is 508 g/mol. The van der Waals surface area contributed by atoms with Crippen LogP contribution in [0.25, 0.3) is 5.69 Å². The summed E-state index contributed by atoms with van der Waals surface area (Å²) in [6, 6.07) is 26.0. The van der Waals surface area contributed by atoms with E-state index in [1.807, 2.05) is 60.8 Å². The largest absolute Gasteiger partial charge is 0.351 e. The van der Waals surface area contributed by atoms with Crippen molar-refractivity contribution in [2.75, 3.05) is 4.90 Å². The lowest BCUT2D eigenvalue weighted by Gasteiger charge is -2.29. The standard InChI is InChI=1S/C24H18BrClN4S/c25-16-9-11-18(12-10-16)30-23(22(28-24(30)31)20-7-1-2-13-27-20)21-8-4-14-29(21)19-6-3-5-17(26)15-19/h1-15,22-23H,(H,28,31)/t22-,23-/m1/s1. The Labute approximate surface area is 199 Å². The normalized spacial score (nSPS) is 18.3. The van der Waals surface area contributed by atoms with Crippen LogP contribution in [0.1, 0.15) is 23.5 Å². The van der Waals surface area contributed by atoms with Crippen LogP contribution in [0.15, 0.2) is 95.7 Å². The fourth-order valence-electron chi connectivity index (χ4n) is 4.03. The minimum Gasteiger partial charge on any atom is -0.351 e. The molecule has 2 aromatic carbocycles. The fraction of sp³-hybridized carbons (Fsp3) is 0.0833. The Morgan fingerprint density at radius 1 is 0.935 bits per heavy atom. The summed E-state index contributed by atoms with van der Waals surface area (Å²) in [6.07, 6.45) is 3.87. The number of anilines is 1. The van der Waals surface area contributed by atoms with Crippen molar-refractivity contribution >= 4 is 50.5 Å². The number of nitrogens with one attached hydrogen (secondary N) is 1. The van der Waals surface area contributed by atoms with Crippen LogP contribution in [-0.2, 0) is 0 Å². The number of thiocarbonyl (C=S) groups is 1. The minimum atomic E-state index is -0.106. The van der Waals surface area contributed by atoms with Crippen LogP contribution in [-0.4, -0.2) is 14.7 Å². The van der Waals surface area contributed by atoms with E-state index < -0.39 is 0 Å². The second kappa shape index (κ2) is 8.46. The van der Waals surface area contributed by atoms with Gasteiger partial charge in [0.25, 0.3) is 0 Å². The van der Waals surface area contributed by atoms with Gasteiger partial charge in [-0.05, 0) is 78.9 Å². The molecule has 2 aromatic heterocycles. The average molecular weight is 510 g/mol. The SMILES string of the molecule is S=C1N[C@H](c2ccccn2)[C@@H](c2cccn2-c2cccc(Cl)c2)N1c1ccc(Br)cc1. The second-order valence-corrected chi connectivity index (χ2v) is 8.99. The number of pyridine rings is 1. The molecule has 154 valence electrons. The van der Waals surface area contributed by atoms with Crippen molar-refractivity contribution in [3.63, 3.8) is 0 Å². The number of aromatic nitrogens is 2. The maximum atomic E-state index is 6.29. The van der Waals surface area contributed by atoms with Gasteiger partial charge in [0, 0.05) is 39.0 Å². The molecule has 0 spiro atoms. The van der Waals surface area contributed by atoms with Gasteiger partial charge in [0.2, 0.25) is 0 Å². The molecule has 4 aromatic rings. The Morgan fingerprint density at radius 2 is 1.77 bits per heavy atom. The summed E-state index contributed by atoms with van der Waals surface area (Å²) < 4.78 is 3.18. The summed E-state index contributed by atoms with van der Waals surface area (Å²) in [7, 11) is 0. The van der Waals surface area contributed by atoms with Gasteiger partial charge in [-0.1, -0.05) is 39.7 Å². The molecule has 3 heterocycles. The second-order valence-electron chi connectivity index (χ2n) is 7.26. The van der Waals surface area contributed by atoms with Crippen LogP contribution in [0.4, 0.5) is 5.69 Å². The highest BCUT2D eigenvalue weighted by atomic mass is 79.9. The van der Waals surface area contributed by atoms with Crippen molar-refractivity contribution < 1.29 is 0 Å². The number of halogens is 2. The van der Waals surface area contributed by atoms with Crippen molar-refractivity contribution in [1.29, 1.82) is 0 Å². The Balaban J connectivity index is 1.67. The van der Waals surface area contributed by atoms with E-state index in [1.54, 1.807) is 0 Å². The average Bonchev–Trinajstić information content (AvgIpc) is 3.39. The molecule has 0 unspecified atom stereocenters. The van der Waals surface area contributed by atoms with E-state index in [-0.39, 0.29) is 12.1 Å². The molecule has 0 aliphatic carbocycles. The third-order valence-electron chi connectivity index (χ3n) is 5.37. The summed E-state index contributed by atoms with van der Waals surface area (Å²) >= 11 is 15.6. The van der Waals surface area contributed by atoms with Crippen LogP contribution in [0, 0.1) is 0 Å². The number of rotatable bonds is 4. The first kappa shape index (κ1) is 20.2. The molecule has 1 N–H and O–H groups in total. The van der Waals surface area contributed by atoms with Crippen molar-refractivity contribution in [3.05, 3.63) is 112 Å². The summed E-state index contributed by atoms with van der Waals surface area (Å²) in [6.45, 7) is 0. The fourth-order valence-corrected chi connectivity index (χ4v) is 4.83. The predicted molar refractivity (Wildman–Crippen MR) is 133 cm³/mol. The van der Waals surface area contributed by atoms with Gasteiger partial charge in [0.15, 0.2) is 5.11 Å². The lowest BCUT2D eigenvalue weighted by molar-refractivity contribution is 0.549. The van der Waals surface area contributed by atoms with Crippen LogP contribution in [0.5, 0.6) is 0 Å². The van der Waals surface area contributed by atoms with Gasteiger partial charge in [-0.2, -0.15) is 0 Å². The highest BCUT2D eigenvalue weighted by Crippen LogP contribution is 2.42. The molecule has 0 radical (unpaired) electrons. The smallest absolute Gasteiger partial charge is 0.174 e. The zero-order chi connectivity index (χ0) is 21.4. The van der Waals surface area contributed by atoms with Crippen molar-refractivity contribution in [2.24, 2.45) is 0 Å². The van der Waals surface area contributed by atoms with Gasteiger partial charge in [0.05, 0.1) is 11.7 Å². The van der Waals surface area contributed by atoms with E-state index in [4.69, 9.17) is 23.8 Å². The maximum Gasteiger partial charge on any atom is 0.174 e. The van der Waals surface area contributed by atoms with E-state index in [1.165, 1.54) is 0 Å². The van der Waals surface area contributed by atoms with Crippen LogP contribution >= 0.6 is 39.7 Å². The van der Waals surface area contributed by atoms with Crippen LogP contribution < -0.4 is 10.2 Å². The Kier molecular flexibility index (Phi) is 5.52. The number of benzene rings is 2. The molecule has 4 nitrogen and oxygen atoms in total. The lowest BCUT2D eigenvalue weighted by Crippen LogP contribution is -2.30. The third kappa shape index (κ3) is 3.87. The van der Waals surface area contributed by atoms with Crippen molar-refractivity contribution in [3.8, 4) is 5.69 Å². The third-order valence-corrected chi connectivity index (χ3v) is 6.45. The summed E-state index contributed by atoms with van der Waals surface area (Å²) in [5, 5.41) is 4.87. The molecular formula is C24H18BrClN4S. The molecular weight excluding hydrogens is 492 g/mol. The first-order chi connectivity index (χ1) is 15.1. The molecule has 2 atom stereocenters. The predicted octanol–water partition coefficient (Wildman–Crippen LogP) is 6.47. The maximum absolute atomic E-state index is 6.29. The molecule has 1 saturated heterocycles. The quantitative estimate of drug-likeness (QED) is 0.320. The van der Waals surface area contributed by atoms with Gasteiger partial charge in [0.1, 0.15) is 6.04 Å². The molecule has 5 rings (SSSR count). The van der Waals surface area contributed by atoms with E-state index in [0.717, 1.165) is 27.2 Å². The molecule has 1 aliphatic rings. The van der Waals surface area contributed by atoms with Gasteiger partial charge in [-0.3, -0.25) is 4.98 Å². The van der Waals surface area contributed by atoms with Gasteiger partial charge in [-0.25, -0.2) is 0 Å². The summed E-state index contributed by atoms with van der Waals surface area (Å²) in [5.41, 5.74) is 4.05. The Bertz CT molecular complexity index is 1230. The van der Waals surface area contributed by atoms with Gasteiger partial charge >= 0.3 is 0 Å². The van der Waals surface area contributed by atoms with Crippen LogP contribution in [0.3, 0.4) is 0 Å². The minimum absolute atomic E-state index is 0.0995. The van der Waals surface area contributed by atoms with Crippen LogP contribution in [0.2, 0.25) is 5.02 Å². The van der Waals surface area contributed by atoms with Crippen molar-refractivity contribution in [2.45, 2.75) is 12.1 Å². The van der Waals surface area contributed by atoms with Crippen molar-refractivity contribution in [1.82, 2.24) is 14.9 Å². The van der Waals surface area contributed by atoms with Gasteiger partial charge < -0.3 is 14.8 Å². The number of nitrogens with zero attached hydrogens (tertiary/aromatic N) is 3. The zero-order valence-electron chi connectivity index (χ0n) is 16.3. The summed E-state index contributed by atoms with van der Waals surface area (Å²) in [4.78, 5) is 6.79. The zero-order valence-corrected chi connectivity index (χ0v) is 19.5. The molecule has 1 aliphatic heterocycles. The van der Waals surface area contributed by atoms with E-state index >= 15 is 0 Å². The topological polar surface area (TPSA) is 33.1 Å². The number of hydrogen-bond acceptors (Lipinski definition) is 2. The molecule has 7 heteroatoms. The van der Waals surface area contributed by atoms with Gasteiger partial charge in [-0.15, -0.1) is 0 Å². The van der Waals surface area contributed by atoms with E-state index in [2.05, 4.69) is 66.2 Å². The first-order valence-corrected chi connectivity index (χ1v) is 11.4. The van der Waals surface area contributed by atoms with E-state index in [9.17, 15) is 0 Å². The Morgan fingerprint density at radius 3 is 2.52 bits per heavy atom. The van der Waals surface area contributed by atoms with E-state index in [0.29, 0.717) is 10.1 Å². The molecule has 0 amide bonds. The first-order valence-electron chi connectivity index (χ1n) is 9.81. The number of hydrogen-bond donors (Lipinski definition) is 1. The molecule has 0 saturated carbocycles. The molecule has 0 bridgehead atoms. The highest BCUT2D eigenvalue weighted by Gasteiger charge is 2.42. The summed E-state index contributed by atoms with van der Waals surface area (Å²) in [5.74, 6) is 0. The molecule has 31 heavy (non-hydrogen) atoms. The lowest BCUT2D eigenvalue weighted by atomic mass is 10.0. The highest BCUT2D eigenvalue weighted by molar-refractivity contribution is 9.10.